The zero-order valence-electron chi connectivity index (χ0n) is 15.5. The van der Waals surface area contributed by atoms with Gasteiger partial charge in [0.15, 0.2) is 0 Å². The number of carbonyl (C=O) groups is 1. The summed E-state index contributed by atoms with van der Waals surface area (Å²) in [4.78, 5) is 13.0. The van der Waals surface area contributed by atoms with Gasteiger partial charge in [0.1, 0.15) is 0 Å². The van der Waals surface area contributed by atoms with Gasteiger partial charge < -0.3 is 10.2 Å². The third-order valence-corrected chi connectivity index (χ3v) is 6.41. The Balaban J connectivity index is 1.53. The number of hydrogen-bond donors (Lipinski definition) is 2. The third-order valence-electron chi connectivity index (χ3n) is 6.41. The summed E-state index contributed by atoms with van der Waals surface area (Å²) < 4.78 is 39.5. The molecule has 1 heterocycles. The van der Waals surface area contributed by atoms with Gasteiger partial charge in [0, 0.05) is 35.1 Å². The van der Waals surface area contributed by atoms with Crippen LogP contribution in [0.1, 0.15) is 52.2 Å². The number of alkyl halides is 3. The first-order chi connectivity index (χ1) is 13.7. The molecule has 8 heteroatoms. The number of halogens is 3. The summed E-state index contributed by atoms with van der Waals surface area (Å²) in [5, 5.41) is 22.9. The number of allylic oxidation sites excluding steroid dienone is 2. The van der Waals surface area contributed by atoms with E-state index in [0.29, 0.717) is 23.0 Å². The predicted octanol–water partition coefficient (Wildman–Crippen LogP) is 4.10. The van der Waals surface area contributed by atoms with E-state index in [-0.39, 0.29) is 35.7 Å². The molecule has 5 nitrogen and oxygen atoms in total. The topological polar surface area (TPSA) is 65.7 Å². The number of aromatic nitrogens is 1. The zero-order valence-corrected chi connectivity index (χ0v) is 15.5. The molecule has 0 aliphatic heterocycles. The van der Waals surface area contributed by atoms with Crippen LogP contribution in [0.2, 0.25) is 0 Å². The smallest absolute Gasteiger partial charge is 0.416 e. The van der Waals surface area contributed by atoms with Gasteiger partial charge in [-0.3, -0.25) is 4.79 Å². The molecular weight excluding hydrogens is 385 g/mol. The van der Waals surface area contributed by atoms with E-state index in [1.54, 1.807) is 6.92 Å². The Labute approximate surface area is 164 Å². The van der Waals surface area contributed by atoms with Gasteiger partial charge in [-0.05, 0) is 49.4 Å². The van der Waals surface area contributed by atoms with Crippen molar-refractivity contribution in [2.75, 3.05) is 11.6 Å². The standard InChI is InChI=1S/C21H19F3N2O3/c1-2-25(18(27)10-3-5-11(6-4-10)21(22,23)24)26-19(28)16-12-7-8-13(15-9-14(12)15)17(16)20(26)29/h3-8,12-15,28-29H,2,9H2,1H3. The van der Waals surface area contributed by atoms with E-state index in [1.165, 1.54) is 0 Å². The van der Waals surface area contributed by atoms with Gasteiger partial charge in [0.05, 0.1) is 5.56 Å². The summed E-state index contributed by atoms with van der Waals surface area (Å²) >= 11 is 0. The number of amides is 1. The molecule has 2 bridgehead atoms. The molecule has 1 amide bonds. The fourth-order valence-corrected chi connectivity index (χ4v) is 4.99. The lowest BCUT2D eigenvalue weighted by Gasteiger charge is -2.29. The Hall–Kier alpha value is -2.90. The number of benzene rings is 1. The van der Waals surface area contributed by atoms with Crippen LogP contribution in [0.5, 0.6) is 11.8 Å². The number of aromatic hydroxyl groups is 2. The molecule has 152 valence electrons. The average molecular weight is 404 g/mol. The van der Waals surface area contributed by atoms with Crippen LogP contribution >= 0.6 is 0 Å². The highest BCUT2D eigenvalue weighted by molar-refractivity contribution is 6.01. The highest BCUT2D eigenvalue weighted by atomic mass is 19.4. The minimum absolute atomic E-state index is 0.0204. The van der Waals surface area contributed by atoms with Crippen molar-refractivity contribution < 1.29 is 28.2 Å². The Kier molecular flexibility index (Phi) is 3.63. The average Bonchev–Trinajstić information content (AvgIpc) is 3.48. The number of carbonyl (C=O) groups excluding carboxylic acids is 1. The van der Waals surface area contributed by atoms with Crippen LogP contribution in [0.4, 0.5) is 13.2 Å². The monoisotopic (exact) mass is 404 g/mol. The Bertz CT molecular complexity index is 997. The van der Waals surface area contributed by atoms with Crippen LogP contribution < -0.4 is 5.01 Å². The van der Waals surface area contributed by atoms with E-state index in [9.17, 15) is 28.2 Å². The quantitative estimate of drug-likeness (QED) is 0.757. The summed E-state index contributed by atoms with van der Waals surface area (Å²) in [5.74, 6) is -0.00371. The normalized spacial score (nSPS) is 26.2. The van der Waals surface area contributed by atoms with E-state index < -0.39 is 17.6 Å². The van der Waals surface area contributed by atoms with Crippen molar-refractivity contribution in [2.45, 2.75) is 31.4 Å². The van der Waals surface area contributed by atoms with Gasteiger partial charge in [0.2, 0.25) is 11.8 Å². The van der Waals surface area contributed by atoms with Crippen LogP contribution in [-0.2, 0) is 6.18 Å². The van der Waals surface area contributed by atoms with Crippen molar-refractivity contribution in [3.63, 3.8) is 0 Å². The zero-order chi connectivity index (χ0) is 20.7. The highest BCUT2D eigenvalue weighted by Crippen LogP contribution is 2.67. The number of hydrogen-bond acceptors (Lipinski definition) is 3. The summed E-state index contributed by atoms with van der Waals surface area (Å²) in [5.41, 5.74) is 0.509. The Morgan fingerprint density at radius 3 is 2.03 bits per heavy atom. The second kappa shape index (κ2) is 5.81. The second-order valence-electron chi connectivity index (χ2n) is 7.88. The van der Waals surface area contributed by atoms with Crippen molar-refractivity contribution in [1.82, 2.24) is 4.68 Å². The van der Waals surface area contributed by atoms with Gasteiger partial charge in [-0.25, -0.2) is 5.01 Å². The molecule has 29 heavy (non-hydrogen) atoms. The minimum atomic E-state index is -4.49. The van der Waals surface area contributed by atoms with Crippen molar-refractivity contribution in [1.29, 1.82) is 0 Å². The van der Waals surface area contributed by atoms with Crippen LogP contribution in [0.3, 0.4) is 0 Å². The first-order valence-electron chi connectivity index (χ1n) is 9.58. The lowest BCUT2D eigenvalue weighted by Crippen LogP contribution is -2.39. The first-order valence-corrected chi connectivity index (χ1v) is 9.58. The molecule has 1 aromatic carbocycles. The van der Waals surface area contributed by atoms with Crippen LogP contribution in [0, 0.1) is 11.8 Å². The molecule has 4 unspecified atom stereocenters. The predicted molar refractivity (Wildman–Crippen MR) is 98.5 cm³/mol. The molecule has 0 radical (unpaired) electrons. The first kappa shape index (κ1) is 18.1. The van der Waals surface area contributed by atoms with Gasteiger partial charge >= 0.3 is 6.18 Å². The molecule has 0 spiro atoms. The third kappa shape index (κ3) is 2.44. The molecule has 1 aromatic heterocycles. The van der Waals surface area contributed by atoms with Crippen molar-refractivity contribution in [3.8, 4) is 11.8 Å². The largest absolute Gasteiger partial charge is 0.493 e. The molecule has 1 saturated carbocycles. The van der Waals surface area contributed by atoms with Crippen molar-refractivity contribution in [2.24, 2.45) is 11.8 Å². The number of rotatable bonds is 3. The van der Waals surface area contributed by atoms with E-state index in [1.807, 2.05) is 0 Å². The summed E-state index contributed by atoms with van der Waals surface area (Å²) in [7, 11) is 0. The maximum atomic E-state index is 13.0. The molecular formula is C21H19F3N2O3. The molecule has 1 fully saturated rings. The number of nitrogens with zero attached hydrogens (tertiary/aromatic N) is 2. The molecule has 4 aliphatic rings. The molecule has 2 aromatic rings. The Morgan fingerprint density at radius 2 is 1.59 bits per heavy atom. The SMILES string of the molecule is CCN(C(=O)c1ccc(C(F)(F)F)cc1)n1c(O)c2c(c1O)C1C=CC2C2CC12. The molecule has 2 N–H and O–H groups in total. The fraction of sp³-hybridized carbons (Fsp3) is 0.381. The Morgan fingerprint density at radius 1 is 1.07 bits per heavy atom. The summed E-state index contributed by atoms with van der Waals surface area (Å²) in [6, 6.07) is 3.90. The van der Waals surface area contributed by atoms with E-state index in [2.05, 4.69) is 12.2 Å². The van der Waals surface area contributed by atoms with Crippen LogP contribution in [-0.4, -0.2) is 27.3 Å². The van der Waals surface area contributed by atoms with Gasteiger partial charge in [-0.1, -0.05) is 12.2 Å². The van der Waals surface area contributed by atoms with E-state index in [0.717, 1.165) is 40.4 Å². The maximum Gasteiger partial charge on any atom is 0.416 e. The molecule has 0 saturated heterocycles. The lowest BCUT2D eigenvalue weighted by molar-refractivity contribution is -0.137. The van der Waals surface area contributed by atoms with Crippen molar-refractivity contribution >= 4 is 5.91 Å². The molecule has 4 atom stereocenters. The summed E-state index contributed by atoms with van der Waals surface area (Å²) in [6.45, 7) is 1.79. The molecule has 4 aliphatic carbocycles. The maximum absolute atomic E-state index is 13.0. The van der Waals surface area contributed by atoms with Gasteiger partial charge in [-0.15, -0.1) is 0 Å². The van der Waals surface area contributed by atoms with Crippen molar-refractivity contribution in [3.05, 3.63) is 58.7 Å². The van der Waals surface area contributed by atoms with E-state index in [4.69, 9.17) is 0 Å². The van der Waals surface area contributed by atoms with Crippen LogP contribution in [0.15, 0.2) is 36.4 Å². The minimum Gasteiger partial charge on any atom is -0.493 e. The molecule has 6 rings (SSSR count). The fourth-order valence-electron chi connectivity index (χ4n) is 4.99. The van der Waals surface area contributed by atoms with E-state index >= 15 is 0 Å². The van der Waals surface area contributed by atoms with Gasteiger partial charge in [0.25, 0.3) is 5.91 Å². The lowest BCUT2D eigenvalue weighted by atomic mass is 9.73. The second-order valence-corrected chi connectivity index (χ2v) is 7.88. The van der Waals surface area contributed by atoms with Gasteiger partial charge in [-0.2, -0.15) is 17.8 Å². The van der Waals surface area contributed by atoms with Crippen LogP contribution in [0.25, 0.3) is 0 Å². The summed E-state index contributed by atoms with van der Waals surface area (Å²) in [6.07, 6.45) is 0.671. The highest BCUT2D eigenvalue weighted by Gasteiger charge is 2.57.